The van der Waals surface area contributed by atoms with Crippen molar-refractivity contribution in [3.05, 3.63) is 29.8 Å². The van der Waals surface area contributed by atoms with Gasteiger partial charge in [-0.1, -0.05) is 18.2 Å². The second-order valence-corrected chi connectivity index (χ2v) is 5.35. The van der Waals surface area contributed by atoms with Crippen LogP contribution in [-0.4, -0.2) is 47.4 Å². The molecule has 1 amide bonds. The fraction of sp³-hybridized carbons (Fsp3) is 0.467. The average molecular weight is 291 g/mol. The van der Waals surface area contributed by atoms with Gasteiger partial charge in [-0.3, -0.25) is 4.79 Å². The van der Waals surface area contributed by atoms with E-state index in [1.807, 2.05) is 6.07 Å². The number of para-hydroxylation sites is 1. The summed E-state index contributed by atoms with van der Waals surface area (Å²) in [6, 6.07) is 7.16. The van der Waals surface area contributed by atoms with E-state index in [2.05, 4.69) is 0 Å². The Hall–Kier alpha value is -2.24. The first kappa shape index (κ1) is 13.7. The maximum Gasteiger partial charge on any atom is 0.409 e. The number of nitrogens with zero attached hydrogens (tertiary/aromatic N) is 1. The number of ether oxygens (including phenoxy) is 2. The highest BCUT2D eigenvalue weighted by molar-refractivity contribution is 5.81. The zero-order valence-corrected chi connectivity index (χ0v) is 11.7. The Kier molecular flexibility index (Phi) is 3.23. The fourth-order valence-corrected chi connectivity index (χ4v) is 3.23. The van der Waals surface area contributed by atoms with Crippen molar-refractivity contribution in [2.24, 2.45) is 0 Å². The molecule has 1 fully saturated rings. The van der Waals surface area contributed by atoms with Crippen molar-refractivity contribution in [2.45, 2.75) is 24.9 Å². The molecule has 6 heteroatoms. The molecule has 2 heterocycles. The Bertz CT molecular complexity index is 587. The predicted octanol–water partition coefficient (Wildman–Crippen LogP) is 1.85. The second kappa shape index (κ2) is 4.95. The molecule has 21 heavy (non-hydrogen) atoms. The fourth-order valence-electron chi connectivity index (χ4n) is 3.23. The molecule has 1 N–H and O–H groups in total. The zero-order valence-electron chi connectivity index (χ0n) is 11.7. The minimum Gasteiger partial charge on any atom is -0.484 e. The van der Waals surface area contributed by atoms with Gasteiger partial charge in [0.2, 0.25) is 0 Å². The van der Waals surface area contributed by atoms with Gasteiger partial charge in [0.25, 0.3) is 0 Å². The van der Waals surface area contributed by atoms with Gasteiger partial charge in [0, 0.05) is 18.5 Å². The van der Waals surface area contributed by atoms with E-state index in [0.29, 0.717) is 30.9 Å². The molecule has 1 spiro atoms. The summed E-state index contributed by atoms with van der Waals surface area (Å²) in [5.74, 6) is -1.09. The van der Waals surface area contributed by atoms with Gasteiger partial charge in [0.1, 0.15) is 17.3 Å². The molecule has 0 saturated carbocycles. The summed E-state index contributed by atoms with van der Waals surface area (Å²) in [6.07, 6.45) is 0.0651. The number of amides is 1. The highest BCUT2D eigenvalue weighted by atomic mass is 16.6. The van der Waals surface area contributed by atoms with Crippen LogP contribution in [0.15, 0.2) is 24.3 Å². The van der Waals surface area contributed by atoms with Gasteiger partial charge in [0.15, 0.2) is 0 Å². The molecule has 2 unspecified atom stereocenters. The van der Waals surface area contributed by atoms with Gasteiger partial charge in [-0.15, -0.1) is 0 Å². The molecule has 0 bridgehead atoms. The number of aliphatic carboxylic acids is 1. The predicted molar refractivity (Wildman–Crippen MR) is 73.4 cm³/mol. The van der Waals surface area contributed by atoms with Crippen molar-refractivity contribution in [1.82, 2.24) is 4.90 Å². The molecule has 2 atom stereocenters. The molecule has 2 aliphatic heterocycles. The van der Waals surface area contributed by atoms with Crippen LogP contribution in [0.25, 0.3) is 0 Å². The molecule has 1 saturated heterocycles. The number of rotatable bonds is 2. The molecule has 1 aromatic rings. The minimum absolute atomic E-state index is 0.234. The maximum atomic E-state index is 11.8. The molecule has 6 nitrogen and oxygen atoms in total. The van der Waals surface area contributed by atoms with Gasteiger partial charge < -0.3 is 19.5 Å². The summed E-state index contributed by atoms with van der Waals surface area (Å²) in [7, 11) is 0. The SMILES string of the molecule is CCOC(=O)N1CCC2(C1)Oc1ccccc1C2C(=O)O. The second-order valence-electron chi connectivity index (χ2n) is 5.35. The van der Waals surface area contributed by atoms with Crippen LogP contribution in [0.1, 0.15) is 24.8 Å². The number of hydrogen-bond donors (Lipinski definition) is 1. The Balaban J connectivity index is 1.89. The third-order valence-corrected chi connectivity index (χ3v) is 4.11. The number of carbonyl (C=O) groups is 2. The lowest BCUT2D eigenvalue weighted by Crippen LogP contribution is -2.45. The number of benzene rings is 1. The van der Waals surface area contributed by atoms with Gasteiger partial charge >= 0.3 is 12.1 Å². The third-order valence-electron chi connectivity index (χ3n) is 4.11. The van der Waals surface area contributed by atoms with E-state index in [1.165, 1.54) is 4.90 Å². The smallest absolute Gasteiger partial charge is 0.409 e. The lowest BCUT2D eigenvalue weighted by molar-refractivity contribution is -0.142. The van der Waals surface area contributed by atoms with E-state index in [-0.39, 0.29) is 6.54 Å². The molecular formula is C15H17NO5. The molecule has 2 aliphatic rings. The van der Waals surface area contributed by atoms with Crippen LogP contribution in [0.2, 0.25) is 0 Å². The summed E-state index contributed by atoms with van der Waals surface area (Å²) in [5, 5.41) is 9.60. The molecule has 112 valence electrons. The largest absolute Gasteiger partial charge is 0.484 e. The Morgan fingerprint density at radius 3 is 2.95 bits per heavy atom. The van der Waals surface area contributed by atoms with Crippen molar-refractivity contribution in [1.29, 1.82) is 0 Å². The summed E-state index contributed by atoms with van der Waals surface area (Å²) >= 11 is 0. The number of carboxylic acid groups (broad SMARTS) is 1. The zero-order chi connectivity index (χ0) is 15.0. The van der Waals surface area contributed by atoms with Gasteiger partial charge in [-0.05, 0) is 13.0 Å². The van der Waals surface area contributed by atoms with E-state index in [1.54, 1.807) is 25.1 Å². The van der Waals surface area contributed by atoms with Crippen LogP contribution in [0.5, 0.6) is 5.75 Å². The van der Waals surface area contributed by atoms with Crippen LogP contribution in [0.3, 0.4) is 0 Å². The van der Waals surface area contributed by atoms with Crippen molar-refractivity contribution in [3.63, 3.8) is 0 Å². The average Bonchev–Trinajstić information content (AvgIpc) is 3.00. The van der Waals surface area contributed by atoms with Crippen LogP contribution in [0, 0.1) is 0 Å². The Morgan fingerprint density at radius 1 is 1.48 bits per heavy atom. The van der Waals surface area contributed by atoms with E-state index in [0.717, 1.165) is 0 Å². The molecule has 0 aliphatic carbocycles. The van der Waals surface area contributed by atoms with E-state index in [9.17, 15) is 14.7 Å². The van der Waals surface area contributed by atoms with Gasteiger partial charge in [0.05, 0.1) is 13.2 Å². The normalized spacial score (nSPS) is 26.5. The summed E-state index contributed by atoms with van der Waals surface area (Å²) < 4.78 is 10.9. The maximum absolute atomic E-state index is 11.8. The van der Waals surface area contributed by atoms with Crippen LogP contribution in [-0.2, 0) is 9.53 Å². The standard InChI is InChI=1S/C15H17NO5/c1-2-20-14(19)16-8-7-15(9-16)12(13(17)18)10-5-3-4-6-11(10)21-15/h3-6,12H,2,7-9H2,1H3,(H,17,18). The highest BCUT2D eigenvalue weighted by Gasteiger charge is 2.56. The lowest BCUT2D eigenvalue weighted by atomic mass is 9.83. The van der Waals surface area contributed by atoms with Crippen molar-refractivity contribution in [3.8, 4) is 5.75 Å². The first-order valence-corrected chi connectivity index (χ1v) is 7.00. The third kappa shape index (κ3) is 2.11. The van der Waals surface area contributed by atoms with Crippen molar-refractivity contribution < 1.29 is 24.2 Å². The number of carboxylic acids is 1. The lowest BCUT2D eigenvalue weighted by Gasteiger charge is -2.28. The topological polar surface area (TPSA) is 76.1 Å². The molecule has 3 rings (SSSR count). The molecule has 0 radical (unpaired) electrons. The molecular weight excluding hydrogens is 274 g/mol. The highest BCUT2D eigenvalue weighted by Crippen LogP contribution is 2.49. The Labute approximate surface area is 122 Å². The quantitative estimate of drug-likeness (QED) is 0.900. The monoisotopic (exact) mass is 291 g/mol. The number of likely N-dealkylation sites (tertiary alicyclic amines) is 1. The summed E-state index contributed by atoms with van der Waals surface area (Å²) in [4.78, 5) is 25.1. The van der Waals surface area contributed by atoms with Gasteiger partial charge in [-0.2, -0.15) is 0 Å². The summed E-state index contributed by atoms with van der Waals surface area (Å²) in [5.41, 5.74) is -0.210. The van der Waals surface area contributed by atoms with E-state index >= 15 is 0 Å². The first-order valence-electron chi connectivity index (χ1n) is 7.00. The van der Waals surface area contributed by atoms with Crippen molar-refractivity contribution in [2.75, 3.05) is 19.7 Å². The van der Waals surface area contributed by atoms with Crippen LogP contribution >= 0.6 is 0 Å². The molecule has 0 aromatic heterocycles. The number of fused-ring (bicyclic) bond motifs is 1. The van der Waals surface area contributed by atoms with Gasteiger partial charge in [-0.25, -0.2) is 4.79 Å². The number of carbonyl (C=O) groups excluding carboxylic acids is 1. The van der Waals surface area contributed by atoms with E-state index < -0.39 is 23.6 Å². The first-order chi connectivity index (χ1) is 10.1. The van der Waals surface area contributed by atoms with E-state index in [4.69, 9.17) is 9.47 Å². The minimum atomic E-state index is -0.925. The van der Waals surface area contributed by atoms with Crippen molar-refractivity contribution >= 4 is 12.1 Å². The number of hydrogen-bond acceptors (Lipinski definition) is 4. The van der Waals surface area contributed by atoms with Crippen LogP contribution in [0.4, 0.5) is 4.79 Å². The summed E-state index contributed by atoms with van der Waals surface area (Å²) in [6.45, 7) is 2.71. The van der Waals surface area contributed by atoms with Crippen LogP contribution < -0.4 is 4.74 Å². The Morgan fingerprint density at radius 2 is 2.24 bits per heavy atom. The molecule has 1 aromatic carbocycles.